The van der Waals surface area contributed by atoms with Crippen LogP contribution in [0.2, 0.25) is 0 Å². The first-order valence-corrected chi connectivity index (χ1v) is 10.4. The van der Waals surface area contributed by atoms with Crippen LogP contribution < -0.4 is 14.8 Å². The van der Waals surface area contributed by atoms with E-state index in [1.165, 1.54) is 0 Å². The van der Waals surface area contributed by atoms with E-state index in [0.29, 0.717) is 18.4 Å². The molecular formula is C23H29N3O3. The quantitative estimate of drug-likeness (QED) is 0.779. The van der Waals surface area contributed by atoms with Gasteiger partial charge in [-0.2, -0.15) is 0 Å². The summed E-state index contributed by atoms with van der Waals surface area (Å²) in [5.74, 6) is 1.53. The average molecular weight is 396 g/mol. The first-order valence-electron chi connectivity index (χ1n) is 10.4. The van der Waals surface area contributed by atoms with E-state index in [0.717, 1.165) is 57.0 Å². The Morgan fingerprint density at radius 3 is 2.34 bits per heavy atom. The van der Waals surface area contributed by atoms with E-state index >= 15 is 0 Å². The van der Waals surface area contributed by atoms with Gasteiger partial charge in [-0.25, -0.2) is 0 Å². The maximum atomic E-state index is 12.5. The third kappa shape index (κ3) is 5.49. The molecule has 1 amide bonds. The standard InChI is InChI=1S/C23H29N3O3/c27-23(26-13-10-20(16-26)25-14-11-24-12-15-25)18-29-22-8-6-21(7-9-22)28-17-19-4-2-1-3-5-19/h1-9,20,24H,10-18H2. The highest BCUT2D eigenvalue weighted by molar-refractivity contribution is 5.78. The van der Waals surface area contributed by atoms with Gasteiger partial charge in [0.1, 0.15) is 18.1 Å². The smallest absolute Gasteiger partial charge is 0.260 e. The van der Waals surface area contributed by atoms with Crippen LogP contribution in [0.4, 0.5) is 0 Å². The Labute approximate surface area is 172 Å². The summed E-state index contributed by atoms with van der Waals surface area (Å²) in [6.07, 6.45) is 1.05. The Hall–Kier alpha value is -2.57. The van der Waals surface area contributed by atoms with Gasteiger partial charge in [0.25, 0.3) is 5.91 Å². The largest absolute Gasteiger partial charge is 0.489 e. The van der Waals surface area contributed by atoms with Crippen molar-refractivity contribution in [2.75, 3.05) is 45.9 Å². The van der Waals surface area contributed by atoms with Crippen molar-refractivity contribution in [3.05, 3.63) is 60.2 Å². The van der Waals surface area contributed by atoms with Crippen molar-refractivity contribution >= 4 is 5.91 Å². The minimum Gasteiger partial charge on any atom is -0.489 e. The zero-order valence-electron chi connectivity index (χ0n) is 16.8. The number of carbonyl (C=O) groups is 1. The van der Waals surface area contributed by atoms with Gasteiger partial charge in [-0.15, -0.1) is 0 Å². The number of carbonyl (C=O) groups excluding carboxylic acids is 1. The van der Waals surface area contributed by atoms with E-state index in [1.54, 1.807) is 0 Å². The summed E-state index contributed by atoms with van der Waals surface area (Å²) in [5, 5.41) is 3.38. The predicted molar refractivity (Wildman–Crippen MR) is 112 cm³/mol. The minimum atomic E-state index is 0.0621. The van der Waals surface area contributed by atoms with E-state index < -0.39 is 0 Å². The lowest BCUT2D eigenvalue weighted by Gasteiger charge is -2.32. The Kier molecular flexibility index (Phi) is 6.64. The van der Waals surface area contributed by atoms with Crippen molar-refractivity contribution in [2.45, 2.75) is 19.1 Å². The van der Waals surface area contributed by atoms with Crippen molar-refractivity contribution < 1.29 is 14.3 Å². The van der Waals surface area contributed by atoms with Crippen LogP contribution in [0.25, 0.3) is 0 Å². The molecule has 0 radical (unpaired) electrons. The van der Waals surface area contributed by atoms with Crippen molar-refractivity contribution in [1.82, 2.24) is 15.1 Å². The molecule has 1 unspecified atom stereocenters. The predicted octanol–water partition coefficient (Wildman–Crippen LogP) is 2.15. The maximum absolute atomic E-state index is 12.5. The number of hydrogen-bond acceptors (Lipinski definition) is 5. The fourth-order valence-corrected chi connectivity index (χ4v) is 3.92. The van der Waals surface area contributed by atoms with Crippen LogP contribution >= 0.6 is 0 Å². The summed E-state index contributed by atoms with van der Waals surface area (Å²) in [6, 6.07) is 18.0. The Morgan fingerprint density at radius 1 is 0.931 bits per heavy atom. The number of benzene rings is 2. The van der Waals surface area contributed by atoms with Gasteiger partial charge in [0.2, 0.25) is 0 Å². The van der Waals surface area contributed by atoms with Crippen molar-refractivity contribution in [1.29, 1.82) is 0 Å². The molecule has 2 saturated heterocycles. The molecule has 154 valence electrons. The summed E-state index contributed by atoms with van der Waals surface area (Å²) in [6.45, 7) is 6.47. The number of nitrogens with one attached hydrogen (secondary N) is 1. The third-order valence-corrected chi connectivity index (χ3v) is 5.62. The van der Waals surface area contributed by atoms with Gasteiger partial charge in [0, 0.05) is 45.3 Å². The topological polar surface area (TPSA) is 54.0 Å². The molecular weight excluding hydrogens is 366 g/mol. The number of amides is 1. The number of ether oxygens (including phenoxy) is 2. The number of hydrogen-bond donors (Lipinski definition) is 1. The van der Waals surface area contributed by atoms with Crippen LogP contribution in [0.1, 0.15) is 12.0 Å². The van der Waals surface area contributed by atoms with E-state index in [1.807, 2.05) is 59.5 Å². The van der Waals surface area contributed by atoms with Gasteiger partial charge in [0.15, 0.2) is 6.61 Å². The van der Waals surface area contributed by atoms with Gasteiger partial charge in [-0.05, 0) is 36.2 Å². The molecule has 4 rings (SSSR count). The van der Waals surface area contributed by atoms with Crippen LogP contribution in [0.3, 0.4) is 0 Å². The summed E-state index contributed by atoms with van der Waals surface area (Å²) in [4.78, 5) is 17.0. The van der Waals surface area contributed by atoms with Crippen LogP contribution in [0, 0.1) is 0 Å². The molecule has 2 heterocycles. The summed E-state index contributed by atoms with van der Waals surface area (Å²) in [7, 11) is 0. The monoisotopic (exact) mass is 395 g/mol. The first-order chi connectivity index (χ1) is 14.3. The first kappa shape index (κ1) is 19.7. The second-order valence-corrected chi connectivity index (χ2v) is 7.60. The van der Waals surface area contributed by atoms with E-state index in [2.05, 4.69) is 10.2 Å². The van der Waals surface area contributed by atoms with Gasteiger partial charge in [-0.3, -0.25) is 9.69 Å². The van der Waals surface area contributed by atoms with Crippen LogP contribution in [0.15, 0.2) is 54.6 Å². The molecule has 2 fully saturated rings. The Morgan fingerprint density at radius 2 is 1.62 bits per heavy atom. The van der Waals surface area contributed by atoms with Gasteiger partial charge >= 0.3 is 0 Å². The summed E-state index contributed by atoms with van der Waals surface area (Å²) in [5.41, 5.74) is 1.13. The number of rotatable bonds is 7. The molecule has 2 aromatic rings. The number of likely N-dealkylation sites (tertiary alicyclic amines) is 1. The number of nitrogens with zero attached hydrogens (tertiary/aromatic N) is 2. The van der Waals surface area contributed by atoms with Crippen molar-refractivity contribution in [2.24, 2.45) is 0 Å². The second kappa shape index (κ2) is 9.76. The van der Waals surface area contributed by atoms with Gasteiger partial charge in [-0.1, -0.05) is 30.3 Å². The molecule has 2 aliphatic rings. The summed E-state index contributed by atoms with van der Waals surface area (Å²) >= 11 is 0. The normalized spacial score (nSPS) is 19.9. The molecule has 29 heavy (non-hydrogen) atoms. The van der Waals surface area contributed by atoms with Gasteiger partial charge < -0.3 is 19.7 Å². The minimum absolute atomic E-state index is 0.0621. The zero-order chi connectivity index (χ0) is 19.9. The molecule has 2 aliphatic heterocycles. The van der Waals surface area contributed by atoms with Gasteiger partial charge in [0.05, 0.1) is 0 Å². The highest BCUT2D eigenvalue weighted by atomic mass is 16.5. The van der Waals surface area contributed by atoms with Crippen molar-refractivity contribution in [3.63, 3.8) is 0 Å². The Bertz CT molecular complexity index is 776. The number of piperazine rings is 1. The fourth-order valence-electron chi connectivity index (χ4n) is 3.92. The van der Waals surface area contributed by atoms with E-state index in [-0.39, 0.29) is 12.5 Å². The lowest BCUT2D eigenvalue weighted by Crippen LogP contribution is -2.49. The lowest BCUT2D eigenvalue weighted by atomic mass is 10.2. The molecule has 0 aromatic heterocycles. The third-order valence-electron chi connectivity index (χ3n) is 5.62. The zero-order valence-corrected chi connectivity index (χ0v) is 16.8. The van der Waals surface area contributed by atoms with Crippen molar-refractivity contribution in [3.8, 4) is 11.5 Å². The molecule has 0 bridgehead atoms. The molecule has 0 aliphatic carbocycles. The maximum Gasteiger partial charge on any atom is 0.260 e. The Balaban J connectivity index is 1.20. The van der Waals surface area contributed by atoms with E-state index in [9.17, 15) is 4.79 Å². The second-order valence-electron chi connectivity index (χ2n) is 7.60. The lowest BCUT2D eigenvalue weighted by molar-refractivity contribution is -0.132. The summed E-state index contributed by atoms with van der Waals surface area (Å²) < 4.78 is 11.5. The average Bonchev–Trinajstić information content (AvgIpc) is 3.29. The van der Waals surface area contributed by atoms with Crippen LogP contribution in [-0.4, -0.2) is 67.6 Å². The molecule has 1 N–H and O–H groups in total. The molecule has 6 nitrogen and oxygen atoms in total. The van der Waals surface area contributed by atoms with Crippen LogP contribution in [0.5, 0.6) is 11.5 Å². The fraction of sp³-hybridized carbons (Fsp3) is 0.435. The highest BCUT2D eigenvalue weighted by Gasteiger charge is 2.30. The van der Waals surface area contributed by atoms with E-state index in [4.69, 9.17) is 9.47 Å². The molecule has 0 spiro atoms. The van der Waals surface area contributed by atoms with Crippen LogP contribution in [-0.2, 0) is 11.4 Å². The molecule has 6 heteroatoms. The molecule has 2 aromatic carbocycles. The molecule has 1 atom stereocenters. The SMILES string of the molecule is O=C(COc1ccc(OCc2ccccc2)cc1)N1CCC(N2CCNCC2)C1. The highest BCUT2D eigenvalue weighted by Crippen LogP contribution is 2.20. The molecule has 0 saturated carbocycles.